The van der Waals surface area contributed by atoms with Crippen LogP contribution in [0.3, 0.4) is 0 Å². The highest BCUT2D eigenvalue weighted by Gasteiger charge is 2.19. The van der Waals surface area contributed by atoms with Gasteiger partial charge in [0.1, 0.15) is 6.29 Å². The summed E-state index contributed by atoms with van der Waals surface area (Å²) in [5, 5.41) is 0. The summed E-state index contributed by atoms with van der Waals surface area (Å²) in [7, 11) is 0. The Bertz CT molecular complexity index is 119. The quantitative estimate of drug-likeness (QED) is 0.572. The molecule has 1 atom stereocenters. The smallest absolute Gasteiger partial charge is 0.158 e. The third-order valence-electron chi connectivity index (χ3n) is 1.90. The summed E-state index contributed by atoms with van der Waals surface area (Å²) in [6, 6.07) is 0. The maximum atomic E-state index is 10.4. The Labute approximate surface area is 66.7 Å². The molecule has 0 aromatic rings. The number of hydrogen-bond donors (Lipinski definition) is 0. The average Bonchev–Trinajstić information content (AvgIpc) is 2.52. The summed E-state index contributed by atoms with van der Waals surface area (Å²) in [6.45, 7) is 3.33. The minimum absolute atomic E-state index is 0.0955. The minimum Gasteiger partial charge on any atom is -0.350 e. The second-order valence-corrected chi connectivity index (χ2v) is 2.71. The lowest BCUT2D eigenvalue weighted by molar-refractivity contribution is -0.115. The average molecular weight is 158 g/mol. The van der Waals surface area contributed by atoms with E-state index in [1.807, 2.05) is 6.92 Å². The van der Waals surface area contributed by atoms with Gasteiger partial charge in [0, 0.05) is 12.3 Å². The van der Waals surface area contributed by atoms with Gasteiger partial charge in [-0.2, -0.15) is 0 Å². The Morgan fingerprint density at radius 2 is 2.18 bits per heavy atom. The molecule has 0 spiro atoms. The first kappa shape index (κ1) is 8.68. The van der Waals surface area contributed by atoms with Gasteiger partial charge in [-0.3, -0.25) is 0 Å². The van der Waals surface area contributed by atoms with Crippen molar-refractivity contribution in [1.29, 1.82) is 0 Å². The van der Waals surface area contributed by atoms with Crippen LogP contribution >= 0.6 is 0 Å². The van der Waals surface area contributed by atoms with Crippen LogP contribution in [0, 0.1) is 5.92 Å². The Kier molecular flexibility index (Phi) is 3.52. The molecule has 0 aliphatic carbocycles. The van der Waals surface area contributed by atoms with Gasteiger partial charge in [0.25, 0.3) is 0 Å². The second-order valence-electron chi connectivity index (χ2n) is 2.71. The largest absolute Gasteiger partial charge is 0.350 e. The minimum atomic E-state index is -0.134. The van der Waals surface area contributed by atoms with Crippen molar-refractivity contribution < 1.29 is 14.3 Å². The normalized spacial score (nSPS) is 21.9. The Morgan fingerprint density at radius 3 is 2.64 bits per heavy atom. The highest BCUT2D eigenvalue weighted by Crippen LogP contribution is 2.15. The molecule has 0 aromatic carbocycles. The summed E-state index contributed by atoms with van der Waals surface area (Å²) >= 11 is 0. The predicted octanol–water partition coefficient (Wildman–Crippen LogP) is 0.974. The van der Waals surface area contributed by atoms with E-state index in [-0.39, 0.29) is 12.2 Å². The molecule has 1 rings (SSSR count). The fraction of sp³-hybridized carbons (Fsp3) is 0.875. The van der Waals surface area contributed by atoms with Gasteiger partial charge in [0.15, 0.2) is 6.29 Å². The van der Waals surface area contributed by atoms with E-state index in [9.17, 15) is 4.79 Å². The zero-order valence-electron chi connectivity index (χ0n) is 6.79. The van der Waals surface area contributed by atoms with E-state index in [2.05, 4.69) is 0 Å². The fourth-order valence-corrected chi connectivity index (χ4v) is 1.11. The van der Waals surface area contributed by atoms with Crippen LogP contribution in [-0.2, 0) is 14.3 Å². The molecule has 0 radical (unpaired) electrons. The molecule has 1 fully saturated rings. The van der Waals surface area contributed by atoms with Gasteiger partial charge in [0.2, 0.25) is 0 Å². The zero-order chi connectivity index (χ0) is 8.10. The maximum Gasteiger partial charge on any atom is 0.158 e. The van der Waals surface area contributed by atoms with Crippen LogP contribution in [-0.4, -0.2) is 25.8 Å². The molecule has 3 nitrogen and oxygen atoms in total. The summed E-state index contributed by atoms with van der Waals surface area (Å²) < 4.78 is 10.4. The molecule has 11 heavy (non-hydrogen) atoms. The summed E-state index contributed by atoms with van der Waals surface area (Å²) in [6.07, 6.45) is 2.42. The topological polar surface area (TPSA) is 35.5 Å². The highest BCUT2D eigenvalue weighted by molar-refractivity contribution is 5.53. The molecule has 3 heteroatoms. The van der Waals surface area contributed by atoms with Crippen LogP contribution in [0.5, 0.6) is 0 Å². The number of carbonyl (C=O) groups excluding carboxylic acids is 1. The van der Waals surface area contributed by atoms with E-state index < -0.39 is 0 Å². The molecule has 1 unspecified atom stereocenters. The van der Waals surface area contributed by atoms with Crippen LogP contribution in [0.25, 0.3) is 0 Å². The molecular weight excluding hydrogens is 144 g/mol. The standard InChI is InChI=1S/C8H14O3/c1-2-7(6-9)5-8-10-3-4-11-8/h6-8H,2-5H2,1H3. The van der Waals surface area contributed by atoms with E-state index in [1.54, 1.807) is 0 Å². The first-order chi connectivity index (χ1) is 5.36. The fourth-order valence-electron chi connectivity index (χ4n) is 1.11. The highest BCUT2D eigenvalue weighted by atomic mass is 16.7. The van der Waals surface area contributed by atoms with Crippen LogP contribution in [0.2, 0.25) is 0 Å². The van der Waals surface area contributed by atoms with Crippen LogP contribution < -0.4 is 0 Å². The summed E-state index contributed by atoms with van der Waals surface area (Å²) in [4.78, 5) is 10.4. The predicted molar refractivity (Wildman–Crippen MR) is 40.2 cm³/mol. The van der Waals surface area contributed by atoms with Crippen molar-refractivity contribution in [1.82, 2.24) is 0 Å². The van der Waals surface area contributed by atoms with Gasteiger partial charge in [-0.25, -0.2) is 0 Å². The number of aldehydes is 1. The van der Waals surface area contributed by atoms with Gasteiger partial charge < -0.3 is 14.3 Å². The monoisotopic (exact) mass is 158 g/mol. The van der Waals surface area contributed by atoms with Crippen LogP contribution in [0.4, 0.5) is 0 Å². The molecular formula is C8H14O3. The third-order valence-corrected chi connectivity index (χ3v) is 1.90. The van der Waals surface area contributed by atoms with E-state index in [0.717, 1.165) is 12.7 Å². The van der Waals surface area contributed by atoms with E-state index in [4.69, 9.17) is 9.47 Å². The van der Waals surface area contributed by atoms with Crippen molar-refractivity contribution in [3.8, 4) is 0 Å². The molecule has 1 aliphatic heterocycles. The molecule has 0 amide bonds. The lowest BCUT2D eigenvalue weighted by Crippen LogP contribution is -2.14. The SMILES string of the molecule is CCC(C=O)CC1OCCO1. The Balaban J connectivity index is 2.21. The first-order valence-corrected chi connectivity index (χ1v) is 4.05. The molecule has 1 saturated heterocycles. The van der Waals surface area contributed by atoms with Crippen molar-refractivity contribution in [2.24, 2.45) is 5.92 Å². The van der Waals surface area contributed by atoms with Crippen LogP contribution in [0.1, 0.15) is 19.8 Å². The van der Waals surface area contributed by atoms with E-state index in [0.29, 0.717) is 19.6 Å². The molecule has 0 aromatic heterocycles. The third kappa shape index (κ3) is 2.60. The second kappa shape index (κ2) is 4.46. The van der Waals surface area contributed by atoms with Crippen molar-refractivity contribution >= 4 is 6.29 Å². The Hall–Kier alpha value is -0.410. The lowest BCUT2D eigenvalue weighted by atomic mass is 10.0. The first-order valence-electron chi connectivity index (χ1n) is 4.05. The number of rotatable bonds is 4. The molecule has 0 bridgehead atoms. The van der Waals surface area contributed by atoms with Crippen molar-refractivity contribution in [2.45, 2.75) is 26.1 Å². The number of ether oxygens (including phenoxy) is 2. The van der Waals surface area contributed by atoms with E-state index in [1.165, 1.54) is 0 Å². The van der Waals surface area contributed by atoms with Crippen molar-refractivity contribution in [3.05, 3.63) is 0 Å². The number of hydrogen-bond acceptors (Lipinski definition) is 3. The van der Waals surface area contributed by atoms with E-state index >= 15 is 0 Å². The molecule has 64 valence electrons. The Morgan fingerprint density at radius 1 is 1.55 bits per heavy atom. The number of carbonyl (C=O) groups is 1. The van der Waals surface area contributed by atoms with Gasteiger partial charge >= 0.3 is 0 Å². The van der Waals surface area contributed by atoms with Gasteiger partial charge in [-0.15, -0.1) is 0 Å². The van der Waals surface area contributed by atoms with Gasteiger partial charge in [0.05, 0.1) is 13.2 Å². The van der Waals surface area contributed by atoms with Crippen LogP contribution in [0.15, 0.2) is 0 Å². The summed E-state index contributed by atoms with van der Waals surface area (Å²) in [5.74, 6) is 0.0955. The molecule has 0 saturated carbocycles. The van der Waals surface area contributed by atoms with Gasteiger partial charge in [-0.05, 0) is 6.42 Å². The molecule has 1 heterocycles. The van der Waals surface area contributed by atoms with Gasteiger partial charge in [-0.1, -0.05) is 6.92 Å². The molecule has 1 aliphatic rings. The summed E-state index contributed by atoms with van der Waals surface area (Å²) in [5.41, 5.74) is 0. The van der Waals surface area contributed by atoms with Crippen molar-refractivity contribution in [2.75, 3.05) is 13.2 Å². The van der Waals surface area contributed by atoms with Crippen molar-refractivity contribution in [3.63, 3.8) is 0 Å². The lowest BCUT2D eigenvalue weighted by Gasteiger charge is -2.11. The maximum absolute atomic E-state index is 10.4. The zero-order valence-corrected chi connectivity index (χ0v) is 6.79. The molecule has 0 N–H and O–H groups in total.